The van der Waals surface area contributed by atoms with E-state index < -0.39 is 0 Å². The summed E-state index contributed by atoms with van der Waals surface area (Å²) < 4.78 is 0. The lowest BCUT2D eigenvalue weighted by Gasteiger charge is -2.42. The molecule has 1 saturated heterocycles. The maximum Gasteiger partial charge on any atom is 0.142 e. The number of H-pyrrole nitrogens is 1. The zero-order chi connectivity index (χ0) is 16.2. The predicted molar refractivity (Wildman–Crippen MR) is 92.6 cm³/mol. The Hall–Kier alpha value is -1.66. The van der Waals surface area contributed by atoms with Gasteiger partial charge in [-0.15, -0.1) is 0 Å². The van der Waals surface area contributed by atoms with Gasteiger partial charge in [0.1, 0.15) is 17.8 Å². The minimum atomic E-state index is 0.292. The van der Waals surface area contributed by atoms with Crippen molar-refractivity contribution in [1.82, 2.24) is 19.9 Å². The van der Waals surface area contributed by atoms with Crippen molar-refractivity contribution >= 4 is 16.9 Å². The molecule has 3 heterocycles. The fourth-order valence-electron chi connectivity index (χ4n) is 3.57. The van der Waals surface area contributed by atoms with E-state index in [1.54, 1.807) is 6.33 Å². The van der Waals surface area contributed by atoms with E-state index in [1.807, 2.05) is 12.3 Å². The first kappa shape index (κ1) is 16.2. The van der Waals surface area contributed by atoms with Gasteiger partial charge in [0, 0.05) is 32.4 Å². The van der Waals surface area contributed by atoms with Gasteiger partial charge in [-0.25, -0.2) is 9.97 Å². The molecule has 1 fully saturated rings. The molecule has 23 heavy (non-hydrogen) atoms. The van der Waals surface area contributed by atoms with Crippen molar-refractivity contribution in [2.24, 2.45) is 5.92 Å². The monoisotopic (exact) mass is 317 g/mol. The van der Waals surface area contributed by atoms with Gasteiger partial charge in [-0.05, 0) is 44.3 Å². The average Bonchev–Trinajstić information content (AvgIpc) is 3.04. The Morgan fingerprint density at radius 1 is 1.39 bits per heavy atom. The summed E-state index contributed by atoms with van der Waals surface area (Å²) in [6, 6.07) is 2.50. The lowest BCUT2D eigenvalue weighted by Crippen LogP contribution is -2.51. The number of rotatable bonds is 6. The molecule has 0 unspecified atom stereocenters. The Balaban J connectivity index is 1.74. The summed E-state index contributed by atoms with van der Waals surface area (Å²) in [4.78, 5) is 16.8. The number of hydrogen-bond donors (Lipinski definition) is 2. The SMILES string of the molecule is C[C@@H]1CCN(CCCCO)C[C@@H]1N(C)c1ncnc2[nH]ccc12. The van der Waals surface area contributed by atoms with E-state index >= 15 is 0 Å². The molecule has 0 saturated carbocycles. The summed E-state index contributed by atoms with van der Waals surface area (Å²) in [7, 11) is 2.15. The van der Waals surface area contributed by atoms with Crippen LogP contribution in [0.5, 0.6) is 0 Å². The second-order valence-corrected chi connectivity index (χ2v) is 6.61. The van der Waals surface area contributed by atoms with Gasteiger partial charge in [0.05, 0.1) is 5.39 Å². The molecule has 126 valence electrons. The third kappa shape index (κ3) is 3.48. The average molecular weight is 317 g/mol. The Labute approximate surface area is 137 Å². The van der Waals surface area contributed by atoms with Crippen molar-refractivity contribution in [2.75, 3.05) is 38.2 Å². The Bertz CT molecular complexity index is 628. The van der Waals surface area contributed by atoms with Crippen LogP contribution in [-0.2, 0) is 0 Å². The highest BCUT2D eigenvalue weighted by atomic mass is 16.2. The van der Waals surface area contributed by atoms with E-state index in [-0.39, 0.29) is 0 Å². The molecule has 2 atom stereocenters. The third-order valence-electron chi connectivity index (χ3n) is 5.05. The fourth-order valence-corrected chi connectivity index (χ4v) is 3.57. The molecule has 2 N–H and O–H groups in total. The number of piperidine rings is 1. The van der Waals surface area contributed by atoms with Crippen molar-refractivity contribution in [3.05, 3.63) is 18.6 Å². The molecular formula is C17H27N5O. The predicted octanol–water partition coefficient (Wildman–Crippen LogP) is 1.88. The number of fused-ring (bicyclic) bond motifs is 1. The largest absolute Gasteiger partial charge is 0.396 e. The molecule has 2 aromatic heterocycles. The number of aromatic amines is 1. The van der Waals surface area contributed by atoms with Gasteiger partial charge in [0.15, 0.2) is 0 Å². The van der Waals surface area contributed by atoms with Crippen LogP contribution in [0.3, 0.4) is 0 Å². The van der Waals surface area contributed by atoms with Crippen LogP contribution in [0.15, 0.2) is 18.6 Å². The smallest absolute Gasteiger partial charge is 0.142 e. The number of aromatic nitrogens is 3. The quantitative estimate of drug-likeness (QED) is 0.796. The van der Waals surface area contributed by atoms with Gasteiger partial charge in [0.25, 0.3) is 0 Å². The highest BCUT2D eigenvalue weighted by Crippen LogP contribution is 2.28. The molecule has 6 heteroatoms. The molecule has 0 radical (unpaired) electrons. The summed E-state index contributed by atoms with van der Waals surface area (Å²) in [6.07, 6.45) is 6.72. The minimum Gasteiger partial charge on any atom is -0.396 e. The zero-order valence-corrected chi connectivity index (χ0v) is 14.1. The lowest BCUT2D eigenvalue weighted by atomic mass is 9.92. The molecule has 6 nitrogen and oxygen atoms in total. The van der Waals surface area contributed by atoms with E-state index in [2.05, 4.69) is 38.7 Å². The van der Waals surface area contributed by atoms with Crippen molar-refractivity contribution in [3.8, 4) is 0 Å². The number of nitrogens with one attached hydrogen (secondary N) is 1. The molecule has 0 aromatic carbocycles. The van der Waals surface area contributed by atoms with Gasteiger partial charge in [-0.3, -0.25) is 0 Å². The van der Waals surface area contributed by atoms with Crippen LogP contribution in [0.2, 0.25) is 0 Å². The molecule has 0 spiro atoms. The summed E-state index contributed by atoms with van der Waals surface area (Å²) >= 11 is 0. The highest BCUT2D eigenvalue weighted by Gasteiger charge is 2.30. The van der Waals surface area contributed by atoms with Crippen molar-refractivity contribution in [3.63, 3.8) is 0 Å². The lowest BCUT2D eigenvalue weighted by molar-refractivity contribution is 0.159. The molecule has 0 amide bonds. The van der Waals surface area contributed by atoms with Crippen LogP contribution in [0.1, 0.15) is 26.2 Å². The maximum atomic E-state index is 8.96. The second kappa shape index (κ2) is 7.27. The zero-order valence-electron chi connectivity index (χ0n) is 14.1. The molecule has 1 aliphatic heterocycles. The van der Waals surface area contributed by atoms with Crippen LogP contribution >= 0.6 is 0 Å². The van der Waals surface area contributed by atoms with Crippen LogP contribution in [0.4, 0.5) is 5.82 Å². The van der Waals surface area contributed by atoms with Gasteiger partial charge in [-0.1, -0.05) is 6.92 Å². The van der Waals surface area contributed by atoms with Crippen LogP contribution < -0.4 is 4.90 Å². The first-order chi connectivity index (χ1) is 11.2. The topological polar surface area (TPSA) is 68.3 Å². The van der Waals surface area contributed by atoms with E-state index in [9.17, 15) is 0 Å². The van der Waals surface area contributed by atoms with Crippen LogP contribution in [-0.4, -0.2) is 64.3 Å². The van der Waals surface area contributed by atoms with Gasteiger partial charge < -0.3 is 19.9 Å². The number of unbranched alkanes of at least 4 members (excludes halogenated alkanes) is 1. The molecule has 3 rings (SSSR count). The fraction of sp³-hybridized carbons (Fsp3) is 0.647. The number of anilines is 1. The van der Waals surface area contributed by atoms with Gasteiger partial charge in [0.2, 0.25) is 0 Å². The molecule has 0 aliphatic carbocycles. The van der Waals surface area contributed by atoms with Crippen molar-refractivity contribution in [1.29, 1.82) is 0 Å². The number of likely N-dealkylation sites (tertiary alicyclic amines) is 1. The molecule has 0 bridgehead atoms. The Kier molecular flexibility index (Phi) is 5.13. The highest BCUT2D eigenvalue weighted by molar-refractivity contribution is 5.87. The van der Waals surface area contributed by atoms with Crippen molar-refractivity contribution in [2.45, 2.75) is 32.2 Å². The number of hydrogen-bond acceptors (Lipinski definition) is 5. The van der Waals surface area contributed by atoms with Gasteiger partial charge >= 0.3 is 0 Å². The van der Waals surface area contributed by atoms with Gasteiger partial charge in [-0.2, -0.15) is 0 Å². The summed E-state index contributed by atoms with van der Waals surface area (Å²) in [6.45, 7) is 5.90. The Morgan fingerprint density at radius 3 is 3.09 bits per heavy atom. The van der Waals surface area contributed by atoms with E-state index in [0.717, 1.165) is 49.3 Å². The third-order valence-corrected chi connectivity index (χ3v) is 5.05. The molecule has 1 aliphatic rings. The normalized spacial score (nSPS) is 22.6. The molecule has 2 aromatic rings. The summed E-state index contributed by atoms with van der Waals surface area (Å²) in [5.41, 5.74) is 0.894. The summed E-state index contributed by atoms with van der Waals surface area (Å²) in [5, 5.41) is 10.0. The van der Waals surface area contributed by atoms with Crippen LogP contribution in [0.25, 0.3) is 11.0 Å². The Morgan fingerprint density at radius 2 is 2.26 bits per heavy atom. The second-order valence-electron chi connectivity index (χ2n) is 6.61. The standard InChI is InChI=1S/C17H27N5O/c1-13-6-9-22(8-3-4-10-23)11-15(13)21(2)17-14-5-7-18-16(14)19-12-20-17/h5,7,12-13,15,23H,3-4,6,8-11H2,1-2H3,(H,18,19,20)/t13-,15+/m1/s1. The number of likely N-dealkylation sites (N-methyl/N-ethyl adjacent to an activating group) is 1. The van der Waals surface area contributed by atoms with Crippen LogP contribution in [0, 0.1) is 5.92 Å². The summed E-state index contributed by atoms with van der Waals surface area (Å²) in [5.74, 6) is 1.64. The number of nitrogens with zero attached hydrogens (tertiary/aromatic N) is 4. The van der Waals surface area contributed by atoms with E-state index in [4.69, 9.17) is 5.11 Å². The first-order valence-corrected chi connectivity index (χ1v) is 8.55. The minimum absolute atomic E-state index is 0.292. The number of aliphatic hydroxyl groups is 1. The molecular weight excluding hydrogens is 290 g/mol. The van der Waals surface area contributed by atoms with Crippen molar-refractivity contribution < 1.29 is 5.11 Å². The first-order valence-electron chi connectivity index (χ1n) is 8.55. The van der Waals surface area contributed by atoms with E-state index in [0.29, 0.717) is 18.6 Å². The van der Waals surface area contributed by atoms with E-state index in [1.165, 1.54) is 6.42 Å². The number of aliphatic hydroxyl groups excluding tert-OH is 1. The maximum absolute atomic E-state index is 8.96.